The van der Waals surface area contributed by atoms with Crippen molar-refractivity contribution in [1.29, 1.82) is 0 Å². The summed E-state index contributed by atoms with van der Waals surface area (Å²) in [6, 6.07) is 10.1. The van der Waals surface area contributed by atoms with E-state index in [2.05, 4.69) is 22.3 Å². The number of rotatable bonds is 8. The summed E-state index contributed by atoms with van der Waals surface area (Å²) in [4.78, 5) is 16.7. The predicted molar refractivity (Wildman–Crippen MR) is 84.0 cm³/mol. The van der Waals surface area contributed by atoms with E-state index in [1.165, 1.54) is 5.56 Å². The lowest BCUT2D eigenvalue weighted by Gasteiger charge is -2.11. The second kappa shape index (κ2) is 9.17. The summed E-state index contributed by atoms with van der Waals surface area (Å²) in [5.41, 5.74) is 1.24. The van der Waals surface area contributed by atoms with Crippen molar-refractivity contribution in [3.05, 3.63) is 47.6 Å². The first-order valence-corrected chi connectivity index (χ1v) is 6.89. The van der Waals surface area contributed by atoms with Gasteiger partial charge in [-0.2, -0.15) is 4.98 Å². The maximum atomic E-state index is 10.5. The first-order valence-electron chi connectivity index (χ1n) is 6.89. The minimum Gasteiger partial charge on any atom is -0.481 e. The molecular weight excluding hydrogens is 306 g/mol. The van der Waals surface area contributed by atoms with E-state index in [-0.39, 0.29) is 18.8 Å². The highest BCUT2D eigenvalue weighted by atomic mass is 35.5. The lowest BCUT2D eigenvalue weighted by molar-refractivity contribution is -0.137. The van der Waals surface area contributed by atoms with E-state index in [4.69, 9.17) is 9.63 Å². The van der Waals surface area contributed by atoms with Gasteiger partial charge in [-0.25, -0.2) is 0 Å². The van der Waals surface area contributed by atoms with Gasteiger partial charge in [0, 0.05) is 13.0 Å². The fourth-order valence-corrected chi connectivity index (χ4v) is 1.95. The summed E-state index contributed by atoms with van der Waals surface area (Å²) in [7, 11) is 1.83. The summed E-state index contributed by atoms with van der Waals surface area (Å²) >= 11 is 0. The average molecular weight is 326 g/mol. The van der Waals surface area contributed by atoms with Crippen LogP contribution in [0.1, 0.15) is 23.7 Å². The van der Waals surface area contributed by atoms with Gasteiger partial charge in [0.2, 0.25) is 5.89 Å². The van der Waals surface area contributed by atoms with Gasteiger partial charge in [-0.05, 0) is 19.0 Å². The molecule has 0 radical (unpaired) electrons. The highest BCUT2D eigenvalue weighted by Gasteiger charge is 2.10. The summed E-state index contributed by atoms with van der Waals surface area (Å²) in [6.45, 7) is 0.919. The number of halogens is 1. The van der Waals surface area contributed by atoms with Gasteiger partial charge in [0.1, 0.15) is 0 Å². The number of hydrogen-bond donors (Lipinski definition) is 1. The van der Waals surface area contributed by atoms with Crippen LogP contribution in [-0.2, 0) is 24.2 Å². The fraction of sp³-hybridized carbons (Fsp3) is 0.400. The summed E-state index contributed by atoms with van der Waals surface area (Å²) in [5.74, 6) is 0.391. The van der Waals surface area contributed by atoms with E-state index in [1.54, 1.807) is 0 Å². The van der Waals surface area contributed by atoms with Gasteiger partial charge < -0.3 is 9.63 Å². The van der Waals surface area contributed by atoms with Crippen molar-refractivity contribution < 1.29 is 14.4 Å². The van der Waals surface area contributed by atoms with Crippen molar-refractivity contribution in [1.82, 2.24) is 15.0 Å². The van der Waals surface area contributed by atoms with Gasteiger partial charge >= 0.3 is 5.97 Å². The van der Waals surface area contributed by atoms with Crippen LogP contribution in [0, 0.1) is 0 Å². The van der Waals surface area contributed by atoms with E-state index in [1.807, 2.05) is 30.1 Å². The Morgan fingerprint density at radius 1 is 1.27 bits per heavy atom. The minimum atomic E-state index is -0.809. The molecule has 0 saturated heterocycles. The summed E-state index contributed by atoms with van der Waals surface area (Å²) < 4.78 is 5.18. The van der Waals surface area contributed by atoms with Crippen molar-refractivity contribution in [3.63, 3.8) is 0 Å². The Balaban J connectivity index is 0.00000242. The monoisotopic (exact) mass is 325 g/mol. The van der Waals surface area contributed by atoms with Crippen LogP contribution in [-0.4, -0.2) is 39.7 Å². The molecule has 0 bridgehead atoms. The van der Waals surface area contributed by atoms with Gasteiger partial charge in [0.15, 0.2) is 5.82 Å². The molecule has 6 nitrogen and oxygen atoms in total. The zero-order valence-corrected chi connectivity index (χ0v) is 13.3. The van der Waals surface area contributed by atoms with Crippen molar-refractivity contribution >= 4 is 18.4 Å². The zero-order chi connectivity index (χ0) is 15.1. The third-order valence-electron chi connectivity index (χ3n) is 3.10. The van der Waals surface area contributed by atoms with E-state index in [9.17, 15) is 4.79 Å². The van der Waals surface area contributed by atoms with Crippen LogP contribution in [0.4, 0.5) is 0 Å². The Labute approximate surface area is 135 Å². The third-order valence-corrected chi connectivity index (χ3v) is 3.10. The largest absolute Gasteiger partial charge is 0.481 e. The molecule has 1 aromatic carbocycles. The summed E-state index contributed by atoms with van der Waals surface area (Å²) in [6.07, 6.45) is 1.70. The van der Waals surface area contributed by atoms with Crippen molar-refractivity contribution in [3.8, 4) is 0 Å². The lowest BCUT2D eigenvalue weighted by Crippen LogP contribution is -2.21. The average Bonchev–Trinajstić information content (AvgIpc) is 2.91. The lowest BCUT2D eigenvalue weighted by atomic mass is 10.1. The smallest absolute Gasteiger partial charge is 0.304 e. The number of carbonyl (C=O) groups is 1. The van der Waals surface area contributed by atoms with Crippen LogP contribution in [0.25, 0.3) is 0 Å². The van der Waals surface area contributed by atoms with Gasteiger partial charge in [-0.15, -0.1) is 12.4 Å². The van der Waals surface area contributed by atoms with E-state index in [0.29, 0.717) is 24.8 Å². The normalized spacial score (nSPS) is 10.5. The molecular formula is C15H20ClN3O3. The number of aryl methyl sites for hydroxylation is 2. The minimum absolute atomic E-state index is 0. The van der Waals surface area contributed by atoms with Crippen LogP contribution < -0.4 is 0 Å². The van der Waals surface area contributed by atoms with Gasteiger partial charge in [0.25, 0.3) is 0 Å². The van der Waals surface area contributed by atoms with Gasteiger partial charge in [0.05, 0.1) is 13.0 Å². The van der Waals surface area contributed by atoms with Crippen LogP contribution >= 0.6 is 12.4 Å². The highest BCUT2D eigenvalue weighted by molar-refractivity contribution is 5.85. The summed E-state index contributed by atoms with van der Waals surface area (Å²) in [5, 5.41) is 12.6. The first kappa shape index (κ1) is 18.1. The van der Waals surface area contributed by atoms with Crippen molar-refractivity contribution in [2.75, 3.05) is 13.6 Å². The molecule has 2 rings (SSSR count). The second-order valence-corrected chi connectivity index (χ2v) is 4.97. The maximum absolute atomic E-state index is 10.5. The molecule has 1 aromatic heterocycles. The van der Waals surface area contributed by atoms with Gasteiger partial charge in [-0.3, -0.25) is 9.69 Å². The number of aromatic nitrogens is 2. The van der Waals surface area contributed by atoms with Crippen molar-refractivity contribution in [2.45, 2.75) is 25.8 Å². The molecule has 0 unspecified atom stereocenters. The maximum Gasteiger partial charge on any atom is 0.304 e. The molecule has 0 aliphatic rings. The molecule has 0 fully saturated rings. The highest BCUT2D eigenvalue weighted by Crippen LogP contribution is 2.06. The molecule has 1 N–H and O–H groups in total. The standard InChI is InChI=1S/C15H19N3O3.ClH/c1-18(10-9-15(19)20)11-14-16-13(17-21-14)8-7-12-5-3-2-4-6-12;/h2-6H,7-11H2,1H3,(H,19,20);1H. The Morgan fingerprint density at radius 3 is 2.68 bits per heavy atom. The van der Waals surface area contributed by atoms with E-state index in [0.717, 1.165) is 12.8 Å². The Hall–Kier alpha value is -1.92. The number of aliphatic carboxylic acids is 1. The molecule has 1 heterocycles. The van der Waals surface area contributed by atoms with Gasteiger partial charge in [-0.1, -0.05) is 35.5 Å². The predicted octanol–water partition coefficient (Wildman–Crippen LogP) is 2.18. The van der Waals surface area contributed by atoms with Crippen LogP contribution in [0.5, 0.6) is 0 Å². The van der Waals surface area contributed by atoms with Crippen LogP contribution in [0.2, 0.25) is 0 Å². The van der Waals surface area contributed by atoms with E-state index >= 15 is 0 Å². The van der Waals surface area contributed by atoms with Crippen LogP contribution in [0.3, 0.4) is 0 Å². The number of nitrogens with zero attached hydrogens (tertiary/aromatic N) is 3. The molecule has 0 atom stereocenters. The molecule has 7 heteroatoms. The van der Waals surface area contributed by atoms with Crippen molar-refractivity contribution in [2.24, 2.45) is 0 Å². The number of carboxylic acid groups (broad SMARTS) is 1. The Morgan fingerprint density at radius 2 is 2.00 bits per heavy atom. The van der Waals surface area contributed by atoms with E-state index < -0.39 is 5.97 Å². The molecule has 0 spiro atoms. The quantitative estimate of drug-likeness (QED) is 0.801. The Bertz CT molecular complexity index is 574. The second-order valence-electron chi connectivity index (χ2n) is 4.97. The molecule has 0 aliphatic carbocycles. The molecule has 22 heavy (non-hydrogen) atoms. The fourth-order valence-electron chi connectivity index (χ4n) is 1.95. The topological polar surface area (TPSA) is 79.5 Å². The Kier molecular flexibility index (Phi) is 7.56. The molecule has 0 amide bonds. The molecule has 120 valence electrons. The molecule has 0 aliphatic heterocycles. The zero-order valence-electron chi connectivity index (χ0n) is 12.4. The third kappa shape index (κ3) is 6.24. The van der Waals surface area contributed by atoms with Crippen LogP contribution in [0.15, 0.2) is 34.9 Å². The number of benzene rings is 1. The SMILES string of the molecule is CN(CCC(=O)O)Cc1nc(CCc2ccccc2)no1.Cl. The number of carboxylic acids is 1. The molecule has 2 aromatic rings. The first-order chi connectivity index (χ1) is 10.1. The number of hydrogen-bond acceptors (Lipinski definition) is 5. The molecule has 0 saturated carbocycles.